The molecule has 6 heteroatoms. The summed E-state index contributed by atoms with van der Waals surface area (Å²) < 4.78 is 5.20. The number of carboxylic acids is 1. The first-order chi connectivity index (χ1) is 14.1. The van der Waals surface area contributed by atoms with Gasteiger partial charge in [0, 0.05) is 11.4 Å². The summed E-state index contributed by atoms with van der Waals surface area (Å²) in [6.45, 7) is 0.450. The fourth-order valence-corrected chi connectivity index (χ4v) is 2.69. The van der Waals surface area contributed by atoms with Gasteiger partial charge in [-0.1, -0.05) is 42.5 Å². The summed E-state index contributed by atoms with van der Waals surface area (Å²) in [7, 11) is 1.63. The highest BCUT2D eigenvalue weighted by molar-refractivity contribution is 6.03. The van der Waals surface area contributed by atoms with Crippen molar-refractivity contribution in [1.82, 2.24) is 0 Å². The van der Waals surface area contributed by atoms with Gasteiger partial charge in [-0.15, -0.1) is 0 Å². The molecule has 0 atom stereocenters. The van der Waals surface area contributed by atoms with Crippen LogP contribution in [0.2, 0.25) is 0 Å². The SMILES string of the molecule is COc1ccc(NC(=NCc2ccc(CC(=O)O)cc2)Nc2ccccc2)cc1. The average Bonchev–Trinajstić information content (AvgIpc) is 2.74. The van der Waals surface area contributed by atoms with Gasteiger partial charge in [-0.3, -0.25) is 4.79 Å². The molecule has 0 fully saturated rings. The molecule has 0 saturated carbocycles. The van der Waals surface area contributed by atoms with Gasteiger partial charge in [0.15, 0.2) is 0 Å². The third-order valence-corrected chi connectivity index (χ3v) is 4.19. The van der Waals surface area contributed by atoms with Crippen LogP contribution in [0.3, 0.4) is 0 Å². The molecule has 3 N–H and O–H groups in total. The van der Waals surface area contributed by atoms with Gasteiger partial charge >= 0.3 is 5.97 Å². The van der Waals surface area contributed by atoms with Crippen molar-refractivity contribution in [2.45, 2.75) is 13.0 Å². The number of nitrogens with zero attached hydrogens (tertiary/aromatic N) is 1. The van der Waals surface area contributed by atoms with Crippen molar-refractivity contribution in [3.05, 3.63) is 90.0 Å². The second-order valence-electron chi connectivity index (χ2n) is 6.40. The Morgan fingerprint density at radius 3 is 2.03 bits per heavy atom. The van der Waals surface area contributed by atoms with Crippen molar-refractivity contribution >= 4 is 23.3 Å². The minimum Gasteiger partial charge on any atom is -0.497 e. The number of methoxy groups -OCH3 is 1. The predicted molar refractivity (Wildman–Crippen MR) is 116 cm³/mol. The number of hydrogen-bond donors (Lipinski definition) is 3. The van der Waals surface area contributed by atoms with E-state index in [1.807, 2.05) is 78.9 Å². The quantitative estimate of drug-likeness (QED) is 0.412. The van der Waals surface area contributed by atoms with Gasteiger partial charge in [-0.25, -0.2) is 4.99 Å². The maximum absolute atomic E-state index is 10.8. The molecular formula is C23H23N3O3. The number of benzene rings is 3. The van der Waals surface area contributed by atoms with Crippen molar-refractivity contribution in [3.8, 4) is 5.75 Å². The summed E-state index contributed by atoms with van der Waals surface area (Å²) in [6.07, 6.45) is 0.0172. The molecule has 0 aromatic heterocycles. The number of anilines is 2. The van der Waals surface area contributed by atoms with E-state index >= 15 is 0 Å². The predicted octanol–water partition coefficient (Wildman–Crippen LogP) is 4.40. The third kappa shape index (κ3) is 6.39. The Bertz CT molecular complexity index is 953. The minimum absolute atomic E-state index is 0.0172. The molecule has 3 rings (SSSR count). The average molecular weight is 389 g/mol. The number of carboxylic acid groups (broad SMARTS) is 1. The molecule has 3 aromatic carbocycles. The molecular weight excluding hydrogens is 366 g/mol. The number of para-hydroxylation sites is 1. The lowest BCUT2D eigenvalue weighted by Crippen LogP contribution is -2.22. The Morgan fingerprint density at radius 2 is 1.45 bits per heavy atom. The first-order valence-corrected chi connectivity index (χ1v) is 9.19. The Hall–Kier alpha value is -3.80. The molecule has 0 aliphatic carbocycles. The van der Waals surface area contributed by atoms with E-state index in [9.17, 15) is 4.79 Å². The zero-order valence-electron chi connectivity index (χ0n) is 16.1. The molecule has 0 heterocycles. The molecule has 0 radical (unpaired) electrons. The summed E-state index contributed by atoms with van der Waals surface area (Å²) in [5.74, 6) is 0.552. The number of aliphatic imine (C=N–C) groups is 1. The third-order valence-electron chi connectivity index (χ3n) is 4.19. The molecule has 0 bridgehead atoms. The Labute approximate surface area is 169 Å². The van der Waals surface area contributed by atoms with Crippen molar-refractivity contribution in [2.75, 3.05) is 17.7 Å². The lowest BCUT2D eigenvalue weighted by Gasteiger charge is -2.13. The van der Waals surface area contributed by atoms with Crippen LogP contribution in [0.15, 0.2) is 83.9 Å². The second kappa shape index (κ2) is 9.94. The summed E-state index contributed by atoms with van der Waals surface area (Å²) in [4.78, 5) is 15.5. The molecule has 148 valence electrons. The molecule has 0 amide bonds. The number of rotatable bonds is 7. The second-order valence-corrected chi connectivity index (χ2v) is 6.40. The largest absolute Gasteiger partial charge is 0.497 e. The summed E-state index contributed by atoms with van der Waals surface area (Å²) >= 11 is 0. The monoisotopic (exact) mass is 389 g/mol. The maximum atomic E-state index is 10.8. The van der Waals surface area contributed by atoms with Gasteiger partial charge < -0.3 is 20.5 Å². The smallest absolute Gasteiger partial charge is 0.307 e. The van der Waals surface area contributed by atoms with Crippen LogP contribution in [0.4, 0.5) is 11.4 Å². The van der Waals surface area contributed by atoms with Crippen LogP contribution in [0.5, 0.6) is 5.75 Å². The molecule has 3 aromatic rings. The van der Waals surface area contributed by atoms with E-state index in [2.05, 4.69) is 15.6 Å². The molecule has 0 saturated heterocycles. The molecule has 29 heavy (non-hydrogen) atoms. The maximum Gasteiger partial charge on any atom is 0.307 e. The zero-order chi connectivity index (χ0) is 20.5. The van der Waals surface area contributed by atoms with Gasteiger partial charge in [-0.05, 0) is 47.5 Å². The Balaban J connectivity index is 1.74. The first-order valence-electron chi connectivity index (χ1n) is 9.19. The van der Waals surface area contributed by atoms with Gasteiger partial charge in [-0.2, -0.15) is 0 Å². The van der Waals surface area contributed by atoms with E-state index in [0.29, 0.717) is 12.5 Å². The number of ether oxygens (including phenoxy) is 1. The highest BCUT2D eigenvalue weighted by Gasteiger charge is 2.04. The van der Waals surface area contributed by atoms with Crippen LogP contribution in [0.1, 0.15) is 11.1 Å². The van der Waals surface area contributed by atoms with Gasteiger partial charge in [0.25, 0.3) is 0 Å². The molecule has 6 nitrogen and oxygen atoms in total. The van der Waals surface area contributed by atoms with Crippen LogP contribution in [0.25, 0.3) is 0 Å². The van der Waals surface area contributed by atoms with Crippen LogP contribution in [-0.2, 0) is 17.8 Å². The molecule has 0 unspecified atom stereocenters. The fraction of sp³-hybridized carbons (Fsp3) is 0.130. The number of hydrogen-bond acceptors (Lipinski definition) is 3. The highest BCUT2D eigenvalue weighted by atomic mass is 16.5. The summed E-state index contributed by atoms with van der Waals surface area (Å²) in [5.41, 5.74) is 3.56. The van der Waals surface area contributed by atoms with Crippen molar-refractivity contribution in [1.29, 1.82) is 0 Å². The molecule has 0 aliphatic heterocycles. The molecule has 0 spiro atoms. The zero-order valence-corrected chi connectivity index (χ0v) is 16.1. The number of aliphatic carboxylic acids is 1. The van der Waals surface area contributed by atoms with E-state index in [-0.39, 0.29) is 6.42 Å². The van der Waals surface area contributed by atoms with Crippen LogP contribution >= 0.6 is 0 Å². The Kier molecular flexibility index (Phi) is 6.84. The molecule has 0 aliphatic rings. The van der Waals surface area contributed by atoms with E-state index in [1.54, 1.807) is 7.11 Å². The Morgan fingerprint density at radius 1 is 0.862 bits per heavy atom. The van der Waals surface area contributed by atoms with Crippen LogP contribution in [0, 0.1) is 0 Å². The lowest BCUT2D eigenvalue weighted by atomic mass is 10.1. The topological polar surface area (TPSA) is 83.0 Å². The summed E-state index contributed by atoms with van der Waals surface area (Å²) in [5, 5.41) is 15.5. The van der Waals surface area contributed by atoms with E-state index in [1.165, 1.54) is 0 Å². The van der Waals surface area contributed by atoms with Gasteiger partial charge in [0.05, 0.1) is 20.1 Å². The van der Waals surface area contributed by atoms with E-state index < -0.39 is 5.97 Å². The first kappa shape index (κ1) is 19.9. The van der Waals surface area contributed by atoms with Crippen LogP contribution < -0.4 is 15.4 Å². The normalized spacial score (nSPS) is 11.0. The number of carbonyl (C=O) groups is 1. The van der Waals surface area contributed by atoms with E-state index in [4.69, 9.17) is 9.84 Å². The summed E-state index contributed by atoms with van der Waals surface area (Å²) in [6, 6.07) is 24.8. The van der Waals surface area contributed by atoms with Crippen LogP contribution in [-0.4, -0.2) is 24.1 Å². The lowest BCUT2D eigenvalue weighted by molar-refractivity contribution is -0.136. The number of nitrogens with one attached hydrogen (secondary N) is 2. The van der Waals surface area contributed by atoms with Gasteiger partial charge in [0.1, 0.15) is 5.75 Å². The standard InChI is InChI=1S/C23H23N3O3/c1-29-21-13-11-20(12-14-21)26-23(25-19-5-3-2-4-6-19)24-16-18-9-7-17(8-10-18)15-22(27)28/h2-14H,15-16H2,1H3,(H,27,28)(H2,24,25,26). The van der Waals surface area contributed by atoms with Crippen molar-refractivity contribution in [3.63, 3.8) is 0 Å². The highest BCUT2D eigenvalue weighted by Crippen LogP contribution is 2.16. The fourth-order valence-electron chi connectivity index (χ4n) is 2.69. The number of guanidine groups is 1. The van der Waals surface area contributed by atoms with E-state index in [0.717, 1.165) is 28.3 Å². The minimum atomic E-state index is -0.839. The van der Waals surface area contributed by atoms with Crippen molar-refractivity contribution in [2.24, 2.45) is 4.99 Å². The van der Waals surface area contributed by atoms with Gasteiger partial charge in [0.2, 0.25) is 5.96 Å². The van der Waals surface area contributed by atoms with Crippen molar-refractivity contribution < 1.29 is 14.6 Å².